The van der Waals surface area contributed by atoms with Gasteiger partial charge in [0.1, 0.15) is 5.04 Å². The Bertz CT molecular complexity index is 763. The molecule has 0 fully saturated rings. The molecule has 0 aliphatic carbocycles. The second kappa shape index (κ2) is 6.75. The van der Waals surface area contributed by atoms with Gasteiger partial charge in [-0.05, 0) is 24.6 Å². The number of ketones is 1. The molecule has 0 saturated heterocycles. The lowest BCUT2D eigenvalue weighted by Crippen LogP contribution is -2.28. The second-order valence-electron chi connectivity index (χ2n) is 5.87. The minimum absolute atomic E-state index is 0.00834. The quantitative estimate of drug-likeness (QED) is 0.882. The molecule has 1 aromatic rings. The van der Waals surface area contributed by atoms with Crippen molar-refractivity contribution in [3.05, 3.63) is 53.8 Å². The summed E-state index contributed by atoms with van der Waals surface area (Å²) in [5.41, 5.74) is 2.38. The van der Waals surface area contributed by atoms with Crippen LogP contribution in [0.25, 0.3) is 0 Å². The van der Waals surface area contributed by atoms with Gasteiger partial charge in [-0.1, -0.05) is 36.9 Å². The lowest BCUT2D eigenvalue weighted by atomic mass is 10.0. The van der Waals surface area contributed by atoms with Crippen LogP contribution in [0.2, 0.25) is 0 Å². The molecule has 3 atom stereocenters. The van der Waals surface area contributed by atoms with Crippen molar-refractivity contribution in [3.63, 3.8) is 0 Å². The van der Waals surface area contributed by atoms with Crippen molar-refractivity contribution >= 4 is 34.2 Å². The molecule has 2 heterocycles. The molecule has 124 valence electrons. The fourth-order valence-corrected chi connectivity index (χ4v) is 3.54. The van der Waals surface area contributed by atoms with Crippen LogP contribution in [-0.2, 0) is 9.59 Å². The topological polar surface area (TPSA) is 78.8 Å². The highest BCUT2D eigenvalue weighted by molar-refractivity contribution is 8.15. The van der Waals surface area contributed by atoms with Gasteiger partial charge < -0.3 is 10.4 Å². The molecular formula is C18H18N2O3S. The first-order chi connectivity index (χ1) is 11.5. The number of amides is 1. The summed E-state index contributed by atoms with van der Waals surface area (Å²) in [6, 6.07) is 7.50. The summed E-state index contributed by atoms with van der Waals surface area (Å²) in [7, 11) is 0. The molecule has 2 aliphatic rings. The number of anilines is 1. The van der Waals surface area contributed by atoms with Crippen LogP contribution in [0.4, 0.5) is 5.69 Å². The number of hydrogen-bond acceptors (Lipinski definition) is 5. The zero-order valence-corrected chi connectivity index (χ0v) is 14.2. The Balaban J connectivity index is 1.70. The van der Waals surface area contributed by atoms with Crippen molar-refractivity contribution in [1.82, 2.24) is 0 Å². The summed E-state index contributed by atoms with van der Waals surface area (Å²) >= 11 is 1.54. The van der Waals surface area contributed by atoms with Crippen LogP contribution in [0.5, 0.6) is 0 Å². The summed E-state index contributed by atoms with van der Waals surface area (Å²) in [5, 5.41) is 13.1. The van der Waals surface area contributed by atoms with Crippen molar-refractivity contribution in [3.8, 4) is 0 Å². The van der Waals surface area contributed by atoms with Gasteiger partial charge in [0.15, 0.2) is 5.78 Å². The van der Waals surface area contributed by atoms with Crippen LogP contribution in [0.15, 0.2) is 53.2 Å². The first kappa shape index (κ1) is 16.7. The number of aliphatic imine (C=N–C) groups is 1. The molecule has 0 saturated carbocycles. The van der Waals surface area contributed by atoms with Crippen molar-refractivity contribution in [1.29, 1.82) is 0 Å². The molecule has 3 unspecified atom stereocenters. The Kier molecular flexibility index (Phi) is 4.69. The van der Waals surface area contributed by atoms with Crippen LogP contribution in [-0.4, -0.2) is 27.9 Å². The highest BCUT2D eigenvalue weighted by atomic mass is 32.2. The maximum atomic E-state index is 12.0. The van der Waals surface area contributed by atoms with Crippen LogP contribution in [0, 0.1) is 5.92 Å². The fourth-order valence-electron chi connectivity index (χ4n) is 2.39. The van der Waals surface area contributed by atoms with Crippen LogP contribution in [0.1, 0.15) is 24.7 Å². The van der Waals surface area contributed by atoms with Gasteiger partial charge in [0, 0.05) is 18.0 Å². The Morgan fingerprint density at radius 1 is 1.29 bits per heavy atom. The molecule has 1 amide bonds. The molecule has 3 rings (SSSR count). The molecule has 6 heteroatoms. The first-order valence-corrected chi connectivity index (χ1v) is 8.60. The zero-order chi connectivity index (χ0) is 17.3. The normalized spacial score (nSPS) is 21.6. The van der Waals surface area contributed by atoms with E-state index in [-0.39, 0.29) is 16.9 Å². The maximum Gasteiger partial charge on any atom is 0.229 e. The van der Waals surface area contributed by atoms with Gasteiger partial charge in [0.05, 0.1) is 22.8 Å². The number of hydrogen-bond donors (Lipinski definition) is 2. The molecule has 2 aliphatic heterocycles. The molecular weight excluding hydrogens is 324 g/mol. The average Bonchev–Trinajstić information content (AvgIpc) is 3.00. The van der Waals surface area contributed by atoms with Crippen LogP contribution >= 0.6 is 11.8 Å². The fraction of sp³-hybridized carbons (Fsp3) is 0.278. The third-order valence-corrected chi connectivity index (χ3v) is 5.32. The third kappa shape index (κ3) is 3.34. The summed E-state index contributed by atoms with van der Waals surface area (Å²) in [5.74, 6) is -0.697. The Hall–Kier alpha value is -2.18. The van der Waals surface area contributed by atoms with Crippen LogP contribution < -0.4 is 5.32 Å². The molecule has 0 bridgehead atoms. The predicted octanol–water partition coefficient (Wildman–Crippen LogP) is 2.85. The van der Waals surface area contributed by atoms with Gasteiger partial charge in [0.2, 0.25) is 5.91 Å². The number of nitrogens with zero attached hydrogens (tertiary/aromatic N) is 1. The number of carbonyl (C=O) groups is 2. The smallest absolute Gasteiger partial charge is 0.229 e. The minimum Gasteiger partial charge on any atom is -0.393 e. The summed E-state index contributed by atoms with van der Waals surface area (Å²) in [4.78, 5) is 28.0. The van der Waals surface area contributed by atoms with Crippen LogP contribution in [0.3, 0.4) is 0 Å². The average molecular weight is 342 g/mol. The van der Waals surface area contributed by atoms with Gasteiger partial charge in [0.25, 0.3) is 0 Å². The third-order valence-electron chi connectivity index (χ3n) is 4.11. The molecule has 0 radical (unpaired) electrons. The highest BCUT2D eigenvalue weighted by Crippen LogP contribution is 2.41. The number of benzene rings is 1. The van der Waals surface area contributed by atoms with Gasteiger partial charge in [-0.3, -0.25) is 9.59 Å². The van der Waals surface area contributed by atoms with E-state index in [4.69, 9.17) is 0 Å². The van der Waals surface area contributed by atoms with Crippen molar-refractivity contribution < 1.29 is 14.7 Å². The molecule has 0 spiro atoms. The lowest BCUT2D eigenvalue weighted by Gasteiger charge is -2.15. The number of allylic oxidation sites excluding steroid dienone is 1. The highest BCUT2D eigenvalue weighted by Gasteiger charge is 2.29. The van der Waals surface area contributed by atoms with E-state index in [1.54, 1.807) is 25.6 Å². The van der Waals surface area contributed by atoms with E-state index >= 15 is 0 Å². The van der Waals surface area contributed by atoms with E-state index in [9.17, 15) is 14.7 Å². The van der Waals surface area contributed by atoms with Crippen molar-refractivity contribution in [2.45, 2.75) is 25.2 Å². The van der Waals surface area contributed by atoms with E-state index in [2.05, 4.69) is 10.3 Å². The second-order valence-corrected chi connectivity index (χ2v) is 7.00. The number of thioether (sulfide) groups is 1. The SMILES string of the molecule is CC(O)C(C)C(=O)Nc1ccc(C2C=C3C(=O)C=CN=C3S2)cc1. The van der Waals surface area contributed by atoms with Gasteiger partial charge in [-0.15, -0.1) is 0 Å². The molecule has 2 N–H and O–H groups in total. The lowest BCUT2D eigenvalue weighted by molar-refractivity contribution is -0.122. The summed E-state index contributed by atoms with van der Waals surface area (Å²) in [6.45, 7) is 3.28. The van der Waals surface area contributed by atoms with Gasteiger partial charge >= 0.3 is 0 Å². The number of aliphatic hydroxyl groups excluding tert-OH is 1. The standard InChI is InChI=1S/C18H18N2O3S/c1-10(11(2)21)17(23)20-13-5-3-12(4-6-13)16-9-14-15(22)7-8-19-18(14)24-16/h3-11,16,21H,1-2H3,(H,20,23). The van der Waals surface area contributed by atoms with E-state index in [1.165, 1.54) is 12.3 Å². The minimum atomic E-state index is -0.693. The van der Waals surface area contributed by atoms with E-state index in [0.717, 1.165) is 10.6 Å². The molecule has 24 heavy (non-hydrogen) atoms. The summed E-state index contributed by atoms with van der Waals surface area (Å²) in [6.07, 6.45) is 4.24. The molecule has 0 aromatic heterocycles. The maximum absolute atomic E-state index is 12.0. The van der Waals surface area contributed by atoms with E-state index in [1.807, 2.05) is 30.3 Å². The number of aliphatic hydroxyl groups is 1. The van der Waals surface area contributed by atoms with E-state index < -0.39 is 12.0 Å². The summed E-state index contributed by atoms with van der Waals surface area (Å²) < 4.78 is 0. The number of carbonyl (C=O) groups excluding carboxylic acids is 2. The number of fused-ring (bicyclic) bond motifs is 1. The Labute approximate surface area is 144 Å². The number of nitrogens with one attached hydrogen (secondary N) is 1. The first-order valence-electron chi connectivity index (χ1n) is 7.72. The largest absolute Gasteiger partial charge is 0.393 e. The Morgan fingerprint density at radius 3 is 2.62 bits per heavy atom. The predicted molar refractivity (Wildman–Crippen MR) is 95.9 cm³/mol. The molecule has 1 aromatic carbocycles. The zero-order valence-electron chi connectivity index (χ0n) is 13.4. The van der Waals surface area contributed by atoms with Gasteiger partial charge in [-0.25, -0.2) is 4.99 Å². The molecule has 5 nitrogen and oxygen atoms in total. The van der Waals surface area contributed by atoms with E-state index in [0.29, 0.717) is 11.3 Å². The van der Waals surface area contributed by atoms with Gasteiger partial charge in [-0.2, -0.15) is 0 Å². The monoisotopic (exact) mass is 342 g/mol. The van der Waals surface area contributed by atoms with Crippen molar-refractivity contribution in [2.24, 2.45) is 10.9 Å². The van der Waals surface area contributed by atoms with Crippen molar-refractivity contribution in [2.75, 3.05) is 5.32 Å². The Morgan fingerprint density at radius 2 is 2.00 bits per heavy atom. The number of rotatable bonds is 4.